The fourth-order valence-corrected chi connectivity index (χ4v) is 5.73. The Morgan fingerprint density at radius 3 is 2.79 bits per heavy atom. The smallest absolute Gasteiger partial charge is 0.250 e. The van der Waals surface area contributed by atoms with Gasteiger partial charge in [0, 0.05) is 61.2 Å². The Kier molecular flexibility index (Phi) is 4.60. The summed E-state index contributed by atoms with van der Waals surface area (Å²) < 4.78 is 2.03. The Balaban J connectivity index is 1.42. The van der Waals surface area contributed by atoms with Gasteiger partial charge in [-0.2, -0.15) is 0 Å². The van der Waals surface area contributed by atoms with E-state index in [0.717, 1.165) is 52.1 Å². The summed E-state index contributed by atoms with van der Waals surface area (Å²) in [4.78, 5) is 19.8. The summed E-state index contributed by atoms with van der Waals surface area (Å²) in [5.41, 5.74) is 4.02. The van der Waals surface area contributed by atoms with E-state index < -0.39 is 0 Å². The Morgan fingerprint density at radius 1 is 1.14 bits per heavy atom. The minimum Gasteiger partial charge on any atom is -0.317 e. The fraction of sp³-hybridized carbons (Fsp3) is 0.565. The molecular weight excluding hydrogens is 348 g/mol. The van der Waals surface area contributed by atoms with Crippen LogP contribution < -0.4 is 10.9 Å². The summed E-state index contributed by atoms with van der Waals surface area (Å²) in [5, 5.41) is 3.53. The van der Waals surface area contributed by atoms with Crippen molar-refractivity contribution in [2.24, 2.45) is 5.92 Å². The average molecular weight is 379 g/mol. The molecule has 0 aromatic carbocycles. The highest BCUT2D eigenvalue weighted by molar-refractivity contribution is 5.23. The van der Waals surface area contributed by atoms with Crippen molar-refractivity contribution in [2.75, 3.05) is 32.7 Å². The number of piperidine rings is 2. The number of hydrogen-bond acceptors (Lipinski definition) is 4. The summed E-state index contributed by atoms with van der Waals surface area (Å²) in [6.07, 6.45) is 5.53. The standard InChI is InChI=1S/C23H30N4O/c1-17-5-6-21(25-12-17)23(7-9-24-10-8-23)16-26-13-18-11-19(15-26)20-3-2-4-22(28)27(20)14-18/h2-6,12,18-19,24H,7-11,13-16H2,1H3/t18-,19-/m0/s1. The van der Waals surface area contributed by atoms with E-state index in [1.807, 2.05) is 16.8 Å². The molecule has 2 fully saturated rings. The fourth-order valence-electron chi connectivity index (χ4n) is 5.73. The first-order valence-electron chi connectivity index (χ1n) is 10.7. The van der Waals surface area contributed by atoms with Crippen molar-refractivity contribution in [3.05, 3.63) is 63.8 Å². The molecule has 2 aromatic rings. The zero-order chi connectivity index (χ0) is 19.1. The van der Waals surface area contributed by atoms with E-state index in [4.69, 9.17) is 4.98 Å². The molecule has 3 aliphatic rings. The van der Waals surface area contributed by atoms with Gasteiger partial charge >= 0.3 is 0 Å². The Hall–Kier alpha value is -1.98. The molecule has 0 aliphatic carbocycles. The lowest BCUT2D eigenvalue weighted by Crippen LogP contribution is -2.53. The Morgan fingerprint density at radius 2 is 2.00 bits per heavy atom. The molecule has 2 saturated heterocycles. The van der Waals surface area contributed by atoms with Crippen LogP contribution in [0.5, 0.6) is 0 Å². The number of nitrogens with zero attached hydrogens (tertiary/aromatic N) is 3. The monoisotopic (exact) mass is 378 g/mol. The molecule has 1 N–H and O–H groups in total. The predicted molar refractivity (Wildman–Crippen MR) is 111 cm³/mol. The number of pyridine rings is 2. The van der Waals surface area contributed by atoms with E-state index in [1.54, 1.807) is 6.07 Å². The molecule has 5 rings (SSSR count). The van der Waals surface area contributed by atoms with Gasteiger partial charge in [-0.15, -0.1) is 0 Å². The molecule has 3 aliphatic heterocycles. The number of likely N-dealkylation sites (tertiary alicyclic amines) is 1. The van der Waals surface area contributed by atoms with E-state index >= 15 is 0 Å². The molecule has 2 aromatic heterocycles. The van der Waals surface area contributed by atoms with Crippen molar-refractivity contribution in [3.63, 3.8) is 0 Å². The van der Waals surface area contributed by atoms with E-state index in [1.165, 1.54) is 23.4 Å². The third kappa shape index (κ3) is 3.20. The molecule has 5 heterocycles. The molecular formula is C23H30N4O. The maximum absolute atomic E-state index is 12.3. The van der Waals surface area contributed by atoms with Crippen LogP contribution in [0.4, 0.5) is 0 Å². The molecule has 0 radical (unpaired) electrons. The highest BCUT2D eigenvalue weighted by atomic mass is 16.1. The van der Waals surface area contributed by atoms with Gasteiger partial charge in [-0.05, 0) is 62.9 Å². The highest BCUT2D eigenvalue weighted by Gasteiger charge is 2.41. The number of nitrogens with one attached hydrogen (secondary N) is 1. The van der Waals surface area contributed by atoms with Crippen molar-refractivity contribution in [2.45, 2.75) is 44.1 Å². The summed E-state index contributed by atoms with van der Waals surface area (Å²) in [6, 6.07) is 10.3. The molecule has 0 amide bonds. The first-order chi connectivity index (χ1) is 13.6. The molecule has 148 valence electrons. The normalized spacial score (nSPS) is 26.6. The topological polar surface area (TPSA) is 50.2 Å². The van der Waals surface area contributed by atoms with Crippen LogP contribution in [0.2, 0.25) is 0 Å². The van der Waals surface area contributed by atoms with Crippen molar-refractivity contribution in [1.29, 1.82) is 0 Å². The van der Waals surface area contributed by atoms with E-state index in [2.05, 4.69) is 35.3 Å². The van der Waals surface area contributed by atoms with Gasteiger partial charge in [0.05, 0.1) is 0 Å². The van der Waals surface area contributed by atoms with Crippen molar-refractivity contribution >= 4 is 0 Å². The van der Waals surface area contributed by atoms with Crippen LogP contribution in [0, 0.1) is 12.8 Å². The van der Waals surface area contributed by atoms with Gasteiger partial charge in [0.25, 0.3) is 5.56 Å². The van der Waals surface area contributed by atoms with Crippen molar-refractivity contribution in [3.8, 4) is 0 Å². The Labute approximate surface area is 166 Å². The van der Waals surface area contributed by atoms with Gasteiger partial charge in [-0.1, -0.05) is 12.1 Å². The van der Waals surface area contributed by atoms with E-state index in [9.17, 15) is 4.79 Å². The SMILES string of the molecule is Cc1ccc(C2(CN3C[C@@H]4C[C@@H](C3)c3cccc(=O)n3C4)CCNCC2)nc1. The van der Waals surface area contributed by atoms with Crippen LogP contribution >= 0.6 is 0 Å². The van der Waals surface area contributed by atoms with Gasteiger partial charge in [0.2, 0.25) is 0 Å². The van der Waals surface area contributed by atoms with Crippen LogP contribution in [-0.2, 0) is 12.0 Å². The molecule has 0 saturated carbocycles. The molecule has 2 bridgehead atoms. The second kappa shape index (κ2) is 7.12. The lowest BCUT2D eigenvalue weighted by Gasteiger charge is -2.47. The van der Waals surface area contributed by atoms with Crippen LogP contribution in [0.25, 0.3) is 0 Å². The number of rotatable bonds is 3. The highest BCUT2D eigenvalue weighted by Crippen LogP contribution is 2.39. The number of aryl methyl sites for hydroxylation is 1. The van der Waals surface area contributed by atoms with Crippen LogP contribution in [0.15, 0.2) is 41.3 Å². The number of fused-ring (bicyclic) bond motifs is 4. The maximum Gasteiger partial charge on any atom is 0.250 e. The third-order valence-corrected chi connectivity index (χ3v) is 7.10. The lowest BCUT2D eigenvalue weighted by molar-refractivity contribution is 0.0847. The van der Waals surface area contributed by atoms with Gasteiger partial charge in [0.1, 0.15) is 0 Å². The van der Waals surface area contributed by atoms with Gasteiger partial charge in [0.15, 0.2) is 0 Å². The quantitative estimate of drug-likeness (QED) is 0.890. The minimum absolute atomic E-state index is 0.140. The summed E-state index contributed by atoms with van der Waals surface area (Å²) in [5.74, 6) is 1.06. The zero-order valence-corrected chi connectivity index (χ0v) is 16.7. The van der Waals surface area contributed by atoms with Gasteiger partial charge in [-0.25, -0.2) is 0 Å². The summed E-state index contributed by atoms with van der Waals surface area (Å²) in [7, 11) is 0. The minimum atomic E-state index is 0.140. The van der Waals surface area contributed by atoms with Crippen LogP contribution in [0.3, 0.4) is 0 Å². The number of aromatic nitrogens is 2. The first kappa shape index (κ1) is 18.1. The maximum atomic E-state index is 12.3. The molecule has 0 spiro atoms. The van der Waals surface area contributed by atoms with E-state index in [0.29, 0.717) is 11.8 Å². The van der Waals surface area contributed by atoms with Crippen LogP contribution in [-0.4, -0.2) is 47.2 Å². The third-order valence-electron chi connectivity index (χ3n) is 7.10. The second-order valence-electron chi connectivity index (χ2n) is 9.14. The Bertz CT molecular complexity index is 898. The predicted octanol–water partition coefficient (Wildman–Crippen LogP) is 2.29. The van der Waals surface area contributed by atoms with E-state index in [-0.39, 0.29) is 11.0 Å². The van der Waals surface area contributed by atoms with Crippen molar-refractivity contribution in [1.82, 2.24) is 19.8 Å². The second-order valence-corrected chi connectivity index (χ2v) is 9.14. The molecule has 28 heavy (non-hydrogen) atoms. The molecule has 5 heteroatoms. The molecule has 5 nitrogen and oxygen atoms in total. The van der Waals surface area contributed by atoms with Crippen LogP contribution in [0.1, 0.15) is 42.1 Å². The number of hydrogen-bond donors (Lipinski definition) is 1. The first-order valence-corrected chi connectivity index (χ1v) is 10.7. The van der Waals surface area contributed by atoms with Gasteiger partial charge in [-0.3, -0.25) is 9.78 Å². The van der Waals surface area contributed by atoms with Crippen molar-refractivity contribution < 1.29 is 0 Å². The van der Waals surface area contributed by atoms with Gasteiger partial charge < -0.3 is 14.8 Å². The molecule has 2 atom stereocenters. The largest absolute Gasteiger partial charge is 0.317 e. The average Bonchev–Trinajstić information content (AvgIpc) is 2.70. The summed E-state index contributed by atoms with van der Waals surface area (Å²) >= 11 is 0. The summed E-state index contributed by atoms with van der Waals surface area (Å²) in [6.45, 7) is 8.34. The lowest BCUT2D eigenvalue weighted by atomic mass is 9.74. The molecule has 0 unspecified atom stereocenters. The zero-order valence-electron chi connectivity index (χ0n) is 16.7.